The Balaban J connectivity index is 1.89. The van der Waals surface area contributed by atoms with Crippen molar-refractivity contribution < 1.29 is 0 Å². The third-order valence-corrected chi connectivity index (χ3v) is 4.20. The summed E-state index contributed by atoms with van der Waals surface area (Å²) in [7, 11) is 0. The first-order valence-corrected chi connectivity index (χ1v) is 8.04. The first-order valence-electron chi connectivity index (χ1n) is 8.04. The number of aromatic amines is 1. The fourth-order valence-corrected chi connectivity index (χ4v) is 2.93. The Morgan fingerprint density at radius 1 is 0.760 bits per heavy atom. The van der Waals surface area contributed by atoms with E-state index in [2.05, 4.69) is 34.2 Å². The molecule has 0 spiro atoms. The Hall–Kier alpha value is -3.64. The van der Waals surface area contributed by atoms with E-state index in [-0.39, 0.29) is 0 Å². The molecule has 3 heteroatoms. The Morgan fingerprint density at radius 3 is 2.16 bits per heavy atom. The van der Waals surface area contributed by atoms with Crippen LogP contribution in [0.4, 0.5) is 0 Å². The highest BCUT2D eigenvalue weighted by Crippen LogP contribution is 2.35. The van der Waals surface area contributed by atoms with E-state index in [0.29, 0.717) is 5.56 Å². The molecule has 0 aliphatic heterocycles. The van der Waals surface area contributed by atoms with E-state index in [4.69, 9.17) is 5.26 Å². The van der Waals surface area contributed by atoms with Crippen LogP contribution in [0.2, 0.25) is 0 Å². The molecule has 0 saturated carbocycles. The van der Waals surface area contributed by atoms with E-state index in [1.165, 1.54) is 0 Å². The van der Waals surface area contributed by atoms with Crippen LogP contribution in [-0.2, 0) is 0 Å². The Morgan fingerprint density at radius 2 is 1.48 bits per heavy atom. The van der Waals surface area contributed by atoms with Crippen molar-refractivity contribution >= 4 is 0 Å². The predicted molar refractivity (Wildman–Crippen MR) is 99.6 cm³/mol. The minimum atomic E-state index is 0.657. The first kappa shape index (κ1) is 14.9. The molecule has 118 valence electrons. The molecule has 2 aromatic heterocycles. The zero-order valence-corrected chi connectivity index (χ0v) is 13.5. The van der Waals surface area contributed by atoms with Crippen molar-refractivity contribution in [3.05, 3.63) is 90.8 Å². The van der Waals surface area contributed by atoms with Gasteiger partial charge in [0.2, 0.25) is 0 Å². The summed E-state index contributed by atoms with van der Waals surface area (Å²) < 4.78 is 0. The number of pyridine rings is 1. The van der Waals surface area contributed by atoms with Crippen molar-refractivity contribution in [3.8, 4) is 39.7 Å². The van der Waals surface area contributed by atoms with Crippen LogP contribution in [0.3, 0.4) is 0 Å². The van der Waals surface area contributed by atoms with Gasteiger partial charge in [-0.1, -0.05) is 42.5 Å². The van der Waals surface area contributed by atoms with Crippen LogP contribution >= 0.6 is 0 Å². The molecule has 4 aromatic rings. The third kappa shape index (κ3) is 2.93. The molecular formula is C22H15N3. The Bertz CT molecular complexity index is 1020. The summed E-state index contributed by atoms with van der Waals surface area (Å²) in [6.45, 7) is 0. The van der Waals surface area contributed by atoms with Crippen molar-refractivity contribution in [2.45, 2.75) is 0 Å². The highest BCUT2D eigenvalue weighted by molar-refractivity contribution is 5.85. The molecule has 0 radical (unpaired) electrons. The van der Waals surface area contributed by atoms with Crippen molar-refractivity contribution in [2.24, 2.45) is 0 Å². The topological polar surface area (TPSA) is 52.5 Å². The monoisotopic (exact) mass is 321 g/mol. The van der Waals surface area contributed by atoms with Crippen LogP contribution in [0.15, 0.2) is 85.2 Å². The van der Waals surface area contributed by atoms with Gasteiger partial charge in [0.15, 0.2) is 0 Å². The van der Waals surface area contributed by atoms with Crippen molar-refractivity contribution in [1.82, 2.24) is 9.97 Å². The lowest BCUT2D eigenvalue weighted by Crippen LogP contribution is -1.84. The number of nitrogens with zero attached hydrogens (tertiary/aromatic N) is 2. The molecule has 0 aliphatic carbocycles. The number of hydrogen-bond acceptors (Lipinski definition) is 2. The van der Waals surface area contributed by atoms with Crippen molar-refractivity contribution in [3.63, 3.8) is 0 Å². The van der Waals surface area contributed by atoms with Gasteiger partial charge in [-0.15, -0.1) is 0 Å². The van der Waals surface area contributed by atoms with E-state index in [9.17, 15) is 0 Å². The highest BCUT2D eigenvalue weighted by Gasteiger charge is 2.13. The van der Waals surface area contributed by atoms with Crippen molar-refractivity contribution in [2.75, 3.05) is 0 Å². The molecule has 0 atom stereocenters. The number of nitriles is 1. The van der Waals surface area contributed by atoms with Crippen LogP contribution in [0.1, 0.15) is 5.56 Å². The van der Waals surface area contributed by atoms with Gasteiger partial charge in [0, 0.05) is 23.7 Å². The highest BCUT2D eigenvalue weighted by atomic mass is 14.7. The van der Waals surface area contributed by atoms with E-state index in [1.807, 2.05) is 54.6 Å². The van der Waals surface area contributed by atoms with Crippen LogP contribution in [0.5, 0.6) is 0 Å². The maximum Gasteiger partial charge on any atom is 0.0991 e. The number of nitrogens with one attached hydrogen (secondary N) is 1. The molecule has 1 N–H and O–H groups in total. The van der Waals surface area contributed by atoms with Gasteiger partial charge in [0.25, 0.3) is 0 Å². The SMILES string of the molecule is N#Cc1ccc(-c2[nH]c(-c3ccccc3)cc2-c2ccncc2)cc1. The predicted octanol–water partition coefficient (Wildman–Crippen LogP) is 5.28. The average Bonchev–Trinajstić information content (AvgIpc) is 3.15. The first-order chi connectivity index (χ1) is 12.3. The van der Waals surface area contributed by atoms with Gasteiger partial charge in [-0.2, -0.15) is 5.26 Å². The number of H-pyrrole nitrogens is 1. The third-order valence-electron chi connectivity index (χ3n) is 4.20. The van der Waals surface area contributed by atoms with Gasteiger partial charge < -0.3 is 4.98 Å². The molecule has 25 heavy (non-hydrogen) atoms. The minimum absolute atomic E-state index is 0.657. The molecule has 0 unspecified atom stereocenters. The van der Waals surface area contributed by atoms with Gasteiger partial charge in [0.05, 0.1) is 17.3 Å². The summed E-state index contributed by atoms with van der Waals surface area (Å²) >= 11 is 0. The zero-order chi connectivity index (χ0) is 17.1. The molecule has 4 rings (SSSR count). The van der Waals surface area contributed by atoms with Crippen molar-refractivity contribution in [1.29, 1.82) is 5.26 Å². The number of benzene rings is 2. The number of aromatic nitrogens is 2. The molecule has 0 bridgehead atoms. The molecule has 0 aliphatic rings. The molecule has 2 aromatic carbocycles. The fourth-order valence-electron chi connectivity index (χ4n) is 2.93. The maximum absolute atomic E-state index is 9.02. The maximum atomic E-state index is 9.02. The second-order valence-electron chi connectivity index (χ2n) is 5.76. The second kappa shape index (κ2) is 6.46. The summed E-state index contributed by atoms with van der Waals surface area (Å²) in [6, 6.07) is 26.2. The lowest BCUT2D eigenvalue weighted by molar-refractivity contribution is 1.33. The molecule has 0 amide bonds. The quantitative estimate of drug-likeness (QED) is 0.558. The second-order valence-corrected chi connectivity index (χ2v) is 5.76. The van der Waals surface area contributed by atoms with Crippen LogP contribution < -0.4 is 0 Å². The van der Waals surface area contributed by atoms with E-state index < -0.39 is 0 Å². The van der Waals surface area contributed by atoms with Crippen LogP contribution in [0, 0.1) is 11.3 Å². The Kier molecular flexibility index (Phi) is 3.86. The molecular weight excluding hydrogens is 306 g/mol. The summed E-state index contributed by atoms with van der Waals surface area (Å²) in [4.78, 5) is 7.66. The lowest BCUT2D eigenvalue weighted by atomic mass is 10.0. The smallest absolute Gasteiger partial charge is 0.0991 e. The zero-order valence-electron chi connectivity index (χ0n) is 13.5. The lowest BCUT2D eigenvalue weighted by Gasteiger charge is -2.04. The van der Waals surface area contributed by atoms with Gasteiger partial charge in [-0.3, -0.25) is 4.98 Å². The molecule has 0 fully saturated rings. The number of rotatable bonds is 3. The molecule has 2 heterocycles. The molecule has 3 nitrogen and oxygen atoms in total. The van der Waals surface area contributed by atoms with E-state index in [0.717, 1.165) is 33.6 Å². The van der Waals surface area contributed by atoms with E-state index in [1.54, 1.807) is 12.4 Å². The Labute approximate surface area is 146 Å². The summed E-state index contributed by atoms with van der Waals surface area (Å²) in [5.74, 6) is 0. The van der Waals surface area contributed by atoms with Gasteiger partial charge in [0.1, 0.15) is 0 Å². The summed E-state index contributed by atoms with van der Waals surface area (Å²) in [6.07, 6.45) is 3.60. The minimum Gasteiger partial charge on any atom is -0.354 e. The summed E-state index contributed by atoms with van der Waals surface area (Å²) in [5.41, 5.74) is 7.16. The van der Waals surface area contributed by atoms with Gasteiger partial charge in [-0.05, 0) is 47.0 Å². The fraction of sp³-hybridized carbons (Fsp3) is 0. The van der Waals surface area contributed by atoms with E-state index >= 15 is 0 Å². The summed E-state index contributed by atoms with van der Waals surface area (Å²) in [5, 5.41) is 9.02. The molecule has 0 saturated heterocycles. The average molecular weight is 321 g/mol. The van der Waals surface area contributed by atoms with Gasteiger partial charge in [-0.25, -0.2) is 0 Å². The van der Waals surface area contributed by atoms with Crippen LogP contribution in [-0.4, -0.2) is 9.97 Å². The normalized spacial score (nSPS) is 10.4. The number of hydrogen-bond donors (Lipinski definition) is 1. The largest absolute Gasteiger partial charge is 0.354 e. The van der Waals surface area contributed by atoms with Gasteiger partial charge >= 0.3 is 0 Å². The standard InChI is InChI=1S/C22H15N3/c23-15-16-6-8-19(9-7-16)22-20(17-10-12-24-13-11-17)14-21(25-22)18-4-2-1-3-5-18/h1-14,25H. The van der Waals surface area contributed by atoms with Crippen LogP contribution in [0.25, 0.3) is 33.6 Å².